The van der Waals surface area contributed by atoms with E-state index in [1.165, 1.54) is 24.5 Å². The maximum atomic E-state index is 12.9. The van der Waals surface area contributed by atoms with Crippen LogP contribution in [0, 0.1) is 0 Å². The summed E-state index contributed by atoms with van der Waals surface area (Å²) < 4.78 is 5.10. The number of Topliss-reactive ketones (excluding diaryl/α,β-unsaturated/α-hetero) is 1. The molecular weight excluding hydrogens is 346 g/mol. The second-order valence-electron chi connectivity index (χ2n) is 6.67. The second kappa shape index (κ2) is 6.00. The van der Waals surface area contributed by atoms with Crippen LogP contribution in [0.3, 0.4) is 0 Å². The molecule has 25 heavy (non-hydrogen) atoms. The summed E-state index contributed by atoms with van der Waals surface area (Å²) in [5.41, 5.74) is -0.176. The molecule has 8 heteroatoms. The Morgan fingerprint density at radius 2 is 2.00 bits per heavy atom. The molecule has 1 aliphatic rings. The summed E-state index contributed by atoms with van der Waals surface area (Å²) in [5, 5.41) is 2.84. The lowest BCUT2D eigenvalue weighted by atomic mass is 9.99. The van der Waals surface area contributed by atoms with Crippen LogP contribution >= 0.6 is 11.6 Å². The monoisotopic (exact) mass is 361 g/mol. The maximum Gasteiger partial charge on any atom is 0.329 e. The summed E-state index contributed by atoms with van der Waals surface area (Å²) in [6.45, 7) is 5.37. The van der Waals surface area contributed by atoms with Gasteiger partial charge >= 0.3 is 6.03 Å². The van der Waals surface area contributed by atoms with Gasteiger partial charge in [-0.25, -0.2) is 14.7 Å². The molecule has 0 bridgehead atoms. The van der Waals surface area contributed by atoms with Crippen molar-refractivity contribution in [2.45, 2.75) is 32.2 Å². The number of hydrogen-bond acceptors (Lipinski definition) is 5. The van der Waals surface area contributed by atoms with E-state index in [-0.39, 0.29) is 22.3 Å². The molecule has 0 spiro atoms. The van der Waals surface area contributed by atoms with E-state index in [0.717, 1.165) is 4.90 Å². The molecule has 0 fully saturated rings. The Balaban J connectivity index is 2.05. The highest BCUT2D eigenvalue weighted by Gasteiger charge is 2.47. The predicted molar refractivity (Wildman–Crippen MR) is 90.8 cm³/mol. The van der Waals surface area contributed by atoms with Crippen LogP contribution in [-0.2, 0) is 4.79 Å². The number of anilines is 1. The van der Waals surface area contributed by atoms with Crippen LogP contribution in [0.4, 0.5) is 10.5 Å². The van der Waals surface area contributed by atoms with Crippen molar-refractivity contribution in [1.29, 1.82) is 0 Å². The highest BCUT2D eigenvalue weighted by Crippen LogP contribution is 2.39. The number of aromatic nitrogens is 1. The lowest BCUT2D eigenvalue weighted by Gasteiger charge is -2.24. The lowest BCUT2D eigenvalue weighted by Crippen LogP contribution is -2.50. The molecule has 7 nitrogen and oxygen atoms in total. The number of imide groups is 1. The second-order valence-corrected chi connectivity index (χ2v) is 7.05. The average molecular weight is 362 g/mol. The minimum Gasteiger partial charge on any atom is -0.461 e. The molecule has 3 heterocycles. The molecule has 1 atom stereocenters. The van der Waals surface area contributed by atoms with Gasteiger partial charge in [0.15, 0.2) is 5.76 Å². The Labute approximate surface area is 149 Å². The van der Waals surface area contributed by atoms with Gasteiger partial charge in [0, 0.05) is 5.54 Å². The van der Waals surface area contributed by atoms with Gasteiger partial charge < -0.3 is 9.73 Å². The first-order valence-electron chi connectivity index (χ1n) is 7.59. The number of halogens is 1. The Morgan fingerprint density at radius 1 is 1.28 bits per heavy atom. The number of nitrogens with one attached hydrogen (secondary N) is 1. The Bertz CT molecular complexity index is 855. The number of rotatable bonds is 2. The van der Waals surface area contributed by atoms with E-state index < -0.39 is 29.2 Å². The van der Waals surface area contributed by atoms with Crippen molar-refractivity contribution >= 4 is 35.0 Å². The third-order valence-electron chi connectivity index (χ3n) is 3.56. The standard InChI is InChI=1S/C17H16ClN3O4/c1-17(2,3)20-16(24)21-9-6-7-11(18)19-13(9)12(15(21)23)14(22)10-5-4-8-25-10/h4-8,12H,1-3H3,(H,20,24). The molecule has 3 rings (SSSR count). The van der Waals surface area contributed by atoms with Gasteiger partial charge in [0.1, 0.15) is 11.1 Å². The smallest absolute Gasteiger partial charge is 0.329 e. The first-order chi connectivity index (χ1) is 11.7. The molecule has 0 saturated carbocycles. The first-order valence-corrected chi connectivity index (χ1v) is 7.97. The molecule has 2 aromatic rings. The highest BCUT2D eigenvalue weighted by molar-refractivity contribution is 6.31. The highest BCUT2D eigenvalue weighted by atomic mass is 35.5. The van der Waals surface area contributed by atoms with Gasteiger partial charge in [-0.3, -0.25) is 9.59 Å². The number of fused-ring (bicyclic) bond motifs is 1. The molecule has 0 saturated heterocycles. The van der Waals surface area contributed by atoms with E-state index in [0.29, 0.717) is 0 Å². The van der Waals surface area contributed by atoms with Crippen LogP contribution in [-0.4, -0.2) is 28.2 Å². The molecular formula is C17H16ClN3O4. The molecule has 2 aromatic heterocycles. The van der Waals surface area contributed by atoms with Crippen molar-refractivity contribution in [3.63, 3.8) is 0 Å². The van der Waals surface area contributed by atoms with E-state index in [9.17, 15) is 14.4 Å². The van der Waals surface area contributed by atoms with E-state index in [1.807, 2.05) is 0 Å². The number of furan rings is 1. The van der Waals surface area contributed by atoms with E-state index in [1.54, 1.807) is 26.8 Å². The van der Waals surface area contributed by atoms with E-state index in [2.05, 4.69) is 10.3 Å². The normalized spacial score (nSPS) is 16.7. The largest absolute Gasteiger partial charge is 0.461 e. The fraction of sp³-hybridized carbons (Fsp3) is 0.294. The molecule has 3 amide bonds. The average Bonchev–Trinajstić information content (AvgIpc) is 3.10. The van der Waals surface area contributed by atoms with E-state index >= 15 is 0 Å². The van der Waals surface area contributed by atoms with Gasteiger partial charge in [0.25, 0.3) is 5.91 Å². The van der Waals surface area contributed by atoms with Gasteiger partial charge in [0.05, 0.1) is 17.6 Å². The van der Waals surface area contributed by atoms with Crippen LogP contribution in [0.25, 0.3) is 0 Å². The number of carbonyl (C=O) groups excluding carboxylic acids is 3. The van der Waals surface area contributed by atoms with Crippen molar-refractivity contribution < 1.29 is 18.8 Å². The third-order valence-corrected chi connectivity index (χ3v) is 3.77. The molecule has 0 aliphatic carbocycles. The fourth-order valence-electron chi connectivity index (χ4n) is 2.59. The topological polar surface area (TPSA) is 92.5 Å². The number of carbonyl (C=O) groups is 3. The van der Waals surface area contributed by atoms with Crippen molar-refractivity contribution in [1.82, 2.24) is 10.3 Å². The quantitative estimate of drug-likeness (QED) is 0.504. The number of pyridine rings is 1. The minimum absolute atomic E-state index is 0.0177. The third kappa shape index (κ3) is 3.15. The number of nitrogens with zero attached hydrogens (tertiary/aromatic N) is 2. The summed E-state index contributed by atoms with van der Waals surface area (Å²) in [6, 6.07) is 5.34. The van der Waals surface area contributed by atoms with Gasteiger partial charge in [-0.1, -0.05) is 11.6 Å². The zero-order chi connectivity index (χ0) is 18.4. The number of hydrogen-bond donors (Lipinski definition) is 1. The Hall–Kier alpha value is -2.67. The summed E-state index contributed by atoms with van der Waals surface area (Å²) in [7, 11) is 0. The number of amides is 3. The fourth-order valence-corrected chi connectivity index (χ4v) is 2.75. The molecule has 1 N–H and O–H groups in total. The van der Waals surface area contributed by atoms with Gasteiger partial charge in [-0.2, -0.15) is 0 Å². The van der Waals surface area contributed by atoms with Gasteiger partial charge in [-0.15, -0.1) is 0 Å². The summed E-state index contributed by atoms with van der Waals surface area (Å²) in [5.74, 6) is -2.51. The van der Waals surface area contributed by atoms with Crippen molar-refractivity contribution in [2.75, 3.05) is 4.90 Å². The summed E-state index contributed by atoms with van der Waals surface area (Å²) >= 11 is 5.92. The zero-order valence-corrected chi connectivity index (χ0v) is 14.6. The van der Waals surface area contributed by atoms with Gasteiger partial charge in [0.2, 0.25) is 5.78 Å². The molecule has 130 valence electrons. The van der Waals surface area contributed by atoms with Crippen LogP contribution in [0.5, 0.6) is 0 Å². The van der Waals surface area contributed by atoms with Crippen molar-refractivity contribution in [3.05, 3.63) is 47.1 Å². The van der Waals surface area contributed by atoms with Gasteiger partial charge in [-0.05, 0) is 45.0 Å². The van der Waals surface area contributed by atoms with Crippen LogP contribution in [0.2, 0.25) is 5.15 Å². The first kappa shape index (κ1) is 17.2. The van der Waals surface area contributed by atoms with Crippen LogP contribution < -0.4 is 10.2 Å². The minimum atomic E-state index is -1.27. The zero-order valence-electron chi connectivity index (χ0n) is 13.9. The Morgan fingerprint density at radius 3 is 2.60 bits per heavy atom. The lowest BCUT2D eigenvalue weighted by molar-refractivity contribution is -0.117. The maximum absolute atomic E-state index is 12.9. The summed E-state index contributed by atoms with van der Waals surface area (Å²) in [4.78, 5) is 43.2. The SMILES string of the molecule is CC(C)(C)NC(=O)N1C(=O)C(C(=O)c2ccco2)c2nc(Cl)ccc21. The van der Waals surface area contributed by atoms with Crippen LogP contribution in [0.15, 0.2) is 34.9 Å². The number of ketones is 1. The van der Waals surface area contributed by atoms with Crippen LogP contribution in [0.1, 0.15) is 42.9 Å². The van der Waals surface area contributed by atoms with Crippen molar-refractivity contribution in [2.24, 2.45) is 0 Å². The molecule has 0 aromatic carbocycles. The predicted octanol–water partition coefficient (Wildman–Crippen LogP) is 3.15. The Kier molecular flexibility index (Phi) is 4.12. The van der Waals surface area contributed by atoms with E-state index in [4.69, 9.17) is 16.0 Å². The molecule has 1 unspecified atom stereocenters. The molecule has 1 aliphatic heterocycles. The number of urea groups is 1. The molecule has 0 radical (unpaired) electrons. The van der Waals surface area contributed by atoms with Crippen molar-refractivity contribution in [3.8, 4) is 0 Å². The summed E-state index contributed by atoms with van der Waals surface area (Å²) in [6.07, 6.45) is 1.34.